The molecule has 0 bridgehead atoms. The Morgan fingerprint density at radius 3 is 2.13 bits per heavy atom. The van der Waals surface area contributed by atoms with E-state index in [4.69, 9.17) is 45.3 Å². The molecule has 0 amide bonds. The quantitative estimate of drug-likeness (QED) is 0.365. The molecular weight excluding hydrogens is 274 g/mol. The van der Waals surface area contributed by atoms with Gasteiger partial charge in [0, 0.05) is 0 Å². The van der Waals surface area contributed by atoms with Crippen LogP contribution >= 0.6 is 35.1 Å². The third kappa shape index (κ3) is 3.40. The summed E-state index contributed by atoms with van der Waals surface area (Å²) >= 11 is 15.2. The molecule has 0 saturated carbocycles. The van der Waals surface area contributed by atoms with Gasteiger partial charge in [-0.3, -0.25) is 4.79 Å². The maximum atomic E-state index is 10.8. The number of hydrogen-bond acceptors (Lipinski definition) is 6. The molecule has 9 heteroatoms. The highest BCUT2D eigenvalue weighted by atomic mass is 35.5. The molecule has 90 valence electrons. The van der Waals surface area contributed by atoms with E-state index < -0.39 is 35.2 Å². The van der Waals surface area contributed by atoms with Crippen LogP contribution in [0.15, 0.2) is 0 Å². The minimum atomic E-state index is -2.60. The summed E-state index contributed by atoms with van der Waals surface area (Å²) < 4.78 is 3.93. The van der Waals surface area contributed by atoms with Gasteiger partial charge in [0.25, 0.3) is 10.3 Å². The smallest absolute Gasteiger partial charge is 0.273 e. The first-order valence-electron chi connectivity index (χ1n) is 3.64. The normalized spacial score (nSPS) is 21.5. The molecule has 0 saturated heterocycles. The molecule has 6 nitrogen and oxygen atoms in total. The maximum absolute atomic E-state index is 10.8. The number of hydrogen-bond donors (Lipinski definition) is 4. The average molecular weight is 283 g/mol. The van der Waals surface area contributed by atoms with Gasteiger partial charge in [-0.15, -0.1) is 0 Å². The van der Waals surface area contributed by atoms with E-state index in [2.05, 4.69) is 4.29 Å². The summed E-state index contributed by atoms with van der Waals surface area (Å²) in [6, 6.07) is 0. The van der Waals surface area contributed by atoms with E-state index in [1.165, 1.54) is 0 Å². The van der Waals surface area contributed by atoms with Crippen molar-refractivity contribution in [3.05, 3.63) is 0 Å². The Hall–Kier alpha value is 0.340. The second kappa shape index (κ2) is 6.17. The van der Waals surface area contributed by atoms with Crippen LogP contribution in [0.25, 0.3) is 0 Å². The van der Waals surface area contributed by atoms with Gasteiger partial charge in [-0.2, -0.15) is 0 Å². The Bertz CT molecular complexity index is 227. The lowest BCUT2D eigenvalue weighted by atomic mass is 10.0. The van der Waals surface area contributed by atoms with E-state index in [-0.39, 0.29) is 0 Å². The van der Waals surface area contributed by atoms with E-state index >= 15 is 0 Å². The van der Waals surface area contributed by atoms with Gasteiger partial charge in [-0.05, 0) is 11.6 Å². The molecular formula is C6H9Cl3O6. The van der Waals surface area contributed by atoms with Gasteiger partial charge in [-0.1, -0.05) is 11.6 Å². The Morgan fingerprint density at radius 2 is 1.87 bits per heavy atom. The summed E-state index contributed by atoms with van der Waals surface area (Å²) in [5, 5.41) is 32.0. The van der Waals surface area contributed by atoms with Crippen molar-refractivity contribution < 1.29 is 29.5 Å². The van der Waals surface area contributed by atoms with Crippen LogP contribution in [0, 0.1) is 0 Å². The molecule has 0 radical (unpaired) electrons. The molecule has 4 atom stereocenters. The van der Waals surface area contributed by atoms with Gasteiger partial charge in [0.1, 0.15) is 18.3 Å². The van der Waals surface area contributed by atoms with E-state index in [1.54, 1.807) is 0 Å². The maximum Gasteiger partial charge on any atom is 0.273 e. The Kier molecular flexibility index (Phi) is 6.31. The number of alkyl halides is 1. The molecule has 4 N–H and O–H groups in total. The van der Waals surface area contributed by atoms with Crippen LogP contribution in [0.3, 0.4) is 0 Å². The molecule has 0 heterocycles. The average Bonchev–Trinajstić information content (AvgIpc) is 2.24. The first-order valence-corrected chi connectivity index (χ1v) is 4.71. The van der Waals surface area contributed by atoms with Crippen LogP contribution in [0.4, 0.5) is 0 Å². The van der Waals surface area contributed by atoms with Gasteiger partial charge in [0.15, 0.2) is 0 Å². The minimum absolute atomic E-state index is 0.857. The van der Waals surface area contributed by atoms with Crippen LogP contribution in [0.1, 0.15) is 0 Å². The van der Waals surface area contributed by atoms with E-state index in [0.717, 1.165) is 0 Å². The first-order chi connectivity index (χ1) is 6.81. The predicted molar refractivity (Wildman–Crippen MR) is 51.5 cm³/mol. The van der Waals surface area contributed by atoms with E-state index in [0.29, 0.717) is 0 Å². The number of aliphatic hydroxyl groups excluding tert-OH is 4. The molecule has 0 aliphatic heterocycles. The molecule has 0 rings (SSSR count). The second-order valence-electron chi connectivity index (χ2n) is 2.68. The van der Waals surface area contributed by atoms with Gasteiger partial charge >= 0.3 is 0 Å². The number of halogens is 3. The van der Waals surface area contributed by atoms with Gasteiger partial charge < -0.3 is 20.4 Å². The van der Waals surface area contributed by atoms with E-state index in [1.807, 2.05) is 0 Å². The van der Waals surface area contributed by atoms with Gasteiger partial charge in [-0.25, -0.2) is 4.29 Å². The number of aliphatic hydroxyl groups is 4. The second-order valence-corrected chi connectivity index (χ2v) is 3.74. The molecule has 0 fully saturated rings. The number of carbonyl (C=O) groups is 1. The molecule has 0 aromatic rings. The summed E-state index contributed by atoms with van der Waals surface area (Å²) in [5.41, 5.74) is 0. The van der Waals surface area contributed by atoms with Crippen LogP contribution in [0.5, 0.6) is 0 Å². The first kappa shape index (κ1) is 15.3. The van der Waals surface area contributed by atoms with Crippen molar-refractivity contribution in [3.8, 4) is 0 Å². The van der Waals surface area contributed by atoms with Crippen molar-refractivity contribution in [1.82, 2.24) is 0 Å². The topological polar surface area (TPSA) is 107 Å². The Balaban J connectivity index is 4.79. The lowest BCUT2D eigenvalue weighted by Gasteiger charge is -2.30. The van der Waals surface area contributed by atoms with Crippen LogP contribution in [0.2, 0.25) is 0 Å². The summed E-state index contributed by atoms with van der Waals surface area (Å²) in [5.74, 6) is 0. The summed E-state index contributed by atoms with van der Waals surface area (Å²) in [6.07, 6.45) is -5.78. The molecule has 0 aromatic carbocycles. The van der Waals surface area contributed by atoms with Crippen molar-refractivity contribution >= 4 is 40.3 Å². The molecule has 4 unspecified atom stereocenters. The van der Waals surface area contributed by atoms with Crippen LogP contribution < -0.4 is 0 Å². The summed E-state index contributed by atoms with van der Waals surface area (Å²) in [4.78, 5) is 10.8. The number of carbonyl (C=O) groups excluding carboxylic acids is 1. The SMILES string of the molecule is O=C(Cl)C(Cl)(OCl)C(O)C(O)C(O)CO. The number of rotatable bonds is 6. The Labute approximate surface area is 100 Å². The zero-order valence-corrected chi connectivity index (χ0v) is 9.45. The zero-order chi connectivity index (χ0) is 12.2. The largest absolute Gasteiger partial charge is 0.394 e. The minimum Gasteiger partial charge on any atom is -0.394 e. The fraction of sp³-hybridized carbons (Fsp3) is 0.833. The molecule has 0 aromatic heterocycles. The van der Waals surface area contributed by atoms with Crippen LogP contribution in [-0.2, 0) is 9.08 Å². The predicted octanol–water partition coefficient (Wildman–Crippen LogP) is -1.07. The highest BCUT2D eigenvalue weighted by molar-refractivity contribution is 6.70. The van der Waals surface area contributed by atoms with Crippen molar-refractivity contribution in [1.29, 1.82) is 0 Å². The molecule has 0 spiro atoms. The summed E-state index contributed by atoms with van der Waals surface area (Å²) in [7, 11) is 0. The summed E-state index contributed by atoms with van der Waals surface area (Å²) in [6.45, 7) is -0.857. The lowest BCUT2D eigenvalue weighted by molar-refractivity contribution is -0.143. The highest BCUT2D eigenvalue weighted by Gasteiger charge is 2.49. The van der Waals surface area contributed by atoms with Crippen molar-refractivity contribution in [3.63, 3.8) is 0 Å². The third-order valence-corrected chi connectivity index (χ3v) is 2.84. The molecule has 0 aliphatic rings. The van der Waals surface area contributed by atoms with Gasteiger partial charge in [0.2, 0.25) is 0 Å². The van der Waals surface area contributed by atoms with Gasteiger partial charge in [0.05, 0.1) is 18.5 Å². The fourth-order valence-corrected chi connectivity index (χ4v) is 1.21. The van der Waals surface area contributed by atoms with Crippen molar-refractivity contribution in [2.75, 3.05) is 6.61 Å². The lowest BCUT2D eigenvalue weighted by Crippen LogP contribution is -2.54. The van der Waals surface area contributed by atoms with Crippen molar-refractivity contribution in [2.24, 2.45) is 0 Å². The monoisotopic (exact) mass is 282 g/mol. The zero-order valence-electron chi connectivity index (χ0n) is 7.18. The third-order valence-electron chi connectivity index (χ3n) is 1.67. The standard InChI is InChI=1S/C6H9Cl3O6/c7-5(14)6(8,15-9)4(13)3(12)2(11)1-10/h2-4,10-13H,1H2. The van der Waals surface area contributed by atoms with Crippen LogP contribution in [-0.4, -0.2) is 55.6 Å². The highest BCUT2D eigenvalue weighted by Crippen LogP contribution is 2.29. The van der Waals surface area contributed by atoms with E-state index in [9.17, 15) is 15.0 Å². The Morgan fingerprint density at radius 1 is 1.40 bits per heavy atom. The van der Waals surface area contributed by atoms with Crippen molar-refractivity contribution in [2.45, 2.75) is 23.4 Å². The fourth-order valence-electron chi connectivity index (χ4n) is 0.730. The molecule has 15 heavy (non-hydrogen) atoms. The molecule has 0 aliphatic carbocycles.